The molecule has 0 aliphatic carbocycles. The maximum absolute atomic E-state index is 13.4. The van der Waals surface area contributed by atoms with Crippen LogP contribution >= 0.6 is 11.3 Å². The van der Waals surface area contributed by atoms with Crippen molar-refractivity contribution in [2.24, 2.45) is 0 Å². The van der Waals surface area contributed by atoms with Gasteiger partial charge in [0.15, 0.2) is 5.76 Å². The monoisotopic (exact) mass is 336 g/mol. The number of halogens is 1. The summed E-state index contributed by atoms with van der Waals surface area (Å²) in [5.41, 5.74) is 1.49. The molecule has 0 bridgehead atoms. The van der Waals surface area contributed by atoms with Gasteiger partial charge in [-0.1, -0.05) is 41.7 Å². The minimum absolute atomic E-state index is 0.295. The highest BCUT2D eigenvalue weighted by molar-refractivity contribution is 7.19. The smallest absolute Gasteiger partial charge is 0.235 e. The van der Waals surface area contributed by atoms with Crippen LogP contribution in [-0.2, 0) is 0 Å². The van der Waals surface area contributed by atoms with Crippen molar-refractivity contribution in [2.75, 3.05) is 0 Å². The third kappa shape index (κ3) is 2.02. The highest BCUT2D eigenvalue weighted by Crippen LogP contribution is 2.30. The Balaban J connectivity index is 1.67. The summed E-state index contributed by atoms with van der Waals surface area (Å²) in [6, 6.07) is 16.0. The summed E-state index contributed by atoms with van der Waals surface area (Å²) < 4.78 is 20.9. The zero-order valence-electron chi connectivity index (χ0n) is 12.2. The van der Waals surface area contributed by atoms with Crippen molar-refractivity contribution >= 4 is 27.3 Å². The van der Waals surface area contributed by atoms with Crippen LogP contribution in [-0.4, -0.2) is 19.8 Å². The van der Waals surface area contributed by atoms with Crippen LogP contribution in [0.2, 0.25) is 0 Å². The molecular weight excluding hydrogens is 327 g/mol. The van der Waals surface area contributed by atoms with Crippen molar-refractivity contribution in [1.82, 2.24) is 19.8 Å². The molecule has 24 heavy (non-hydrogen) atoms. The van der Waals surface area contributed by atoms with Gasteiger partial charge in [-0.2, -0.15) is 9.61 Å². The summed E-state index contributed by atoms with van der Waals surface area (Å²) in [6.45, 7) is 0. The van der Waals surface area contributed by atoms with Gasteiger partial charge in [-0.3, -0.25) is 0 Å². The Labute approximate surface area is 139 Å². The molecule has 0 unspecified atom stereocenters. The molecule has 0 atom stereocenters. The average molecular weight is 336 g/mol. The third-order valence-corrected chi connectivity index (χ3v) is 4.66. The van der Waals surface area contributed by atoms with Gasteiger partial charge in [0.1, 0.15) is 16.4 Å². The standard InChI is InChI=1S/C17H9FN4OS/c18-12-6-3-5-11(8-12)16-21-22-15(19-20-17(22)24-16)14-9-10-4-1-2-7-13(10)23-14/h1-9H. The van der Waals surface area contributed by atoms with E-state index in [-0.39, 0.29) is 5.82 Å². The normalized spacial score (nSPS) is 11.5. The number of aromatic nitrogens is 4. The maximum Gasteiger partial charge on any atom is 0.235 e. The largest absolute Gasteiger partial charge is 0.453 e. The molecule has 5 aromatic rings. The predicted molar refractivity (Wildman–Crippen MR) is 89.3 cm³/mol. The first-order chi connectivity index (χ1) is 11.8. The second-order valence-electron chi connectivity index (χ2n) is 5.28. The van der Waals surface area contributed by atoms with E-state index in [0.29, 0.717) is 27.1 Å². The van der Waals surface area contributed by atoms with E-state index in [2.05, 4.69) is 15.3 Å². The molecule has 0 amide bonds. The van der Waals surface area contributed by atoms with Crippen molar-refractivity contribution in [2.45, 2.75) is 0 Å². The molecule has 0 saturated heterocycles. The molecule has 0 fully saturated rings. The molecule has 3 heterocycles. The molecule has 0 N–H and O–H groups in total. The van der Waals surface area contributed by atoms with E-state index in [1.165, 1.54) is 23.5 Å². The van der Waals surface area contributed by atoms with E-state index in [1.807, 2.05) is 36.4 Å². The minimum Gasteiger partial charge on any atom is -0.453 e. The molecule has 3 aromatic heterocycles. The Kier molecular flexibility index (Phi) is 2.77. The first-order valence-corrected chi connectivity index (χ1v) is 8.07. The molecule has 5 nitrogen and oxygen atoms in total. The SMILES string of the molecule is Fc1cccc(-c2nn3c(-c4cc5ccccc5o4)nnc3s2)c1. The summed E-state index contributed by atoms with van der Waals surface area (Å²) in [5.74, 6) is 0.830. The first-order valence-electron chi connectivity index (χ1n) is 7.25. The number of benzene rings is 2. The van der Waals surface area contributed by atoms with Crippen molar-refractivity contribution in [3.8, 4) is 22.2 Å². The Bertz CT molecular complexity index is 1160. The van der Waals surface area contributed by atoms with Gasteiger partial charge in [0.05, 0.1) is 0 Å². The predicted octanol–water partition coefficient (Wildman–Crippen LogP) is 4.41. The number of hydrogen-bond donors (Lipinski definition) is 0. The second kappa shape index (κ2) is 4.97. The summed E-state index contributed by atoms with van der Waals surface area (Å²) in [7, 11) is 0. The minimum atomic E-state index is -0.295. The average Bonchev–Trinajstić information content (AvgIpc) is 3.27. The van der Waals surface area contributed by atoms with E-state index < -0.39 is 0 Å². The molecule has 2 aromatic carbocycles. The topological polar surface area (TPSA) is 56.2 Å². The van der Waals surface area contributed by atoms with Crippen LogP contribution in [0.1, 0.15) is 0 Å². The number of fused-ring (bicyclic) bond motifs is 2. The first kappa shape index (κ1) is 13.4. The van der Waals surface area contributed by atoms with Crippen LogP contribution in [0, 0.1) is 5.82 Å². The molecule has 116 valence electrons. The number of para-hydroxylation sites is 1. The van der Waals surface area contributed by atoms with Crippen LogP contribution in [0.3, 0.4) is 0 Å². The lowest BCUT2D eigenvalue weighted by atomic mass is 10.2. The zero-order chi connectivity index (χ0) is 16.1. The molecule has 0 spiro atoms. The lowest BCUT2D eigenvalue weighted by Crippen LogP contribution is -1.89. The Morgan fingerprint density at radius 1 is 1.00 bits per heavy atom. The maximum atomic E-state index is 13.4. The summed E-state index contributed by atoms with van der Waals surface area (Å²) >= 11 is 1.35. The van der Waals surface area contributed by atoms with E-state index in [0.717, 1.165) is 11.0 Å². The summed E-state index contributed by atoms with van der Waals surface area (Å²) in [5, 5.41) is 14.5. The second-order valence-corrected chi connectivity index (χ2v) is 6.24. The van der Waals surface area contributed by atoms with Crippen molar-refractivity contribution < 1.29 is 8.81 Å². The number of furan rings is 1. The number of rotatable bonds is 2. The van der Waals surface area contributed by atoms with Crippen LogP contribution in [0.15, 0.2) is 59.0 Å². The van der Waals surface area contributed by atoms with E-state index >= 15 is 0 Å². The fourth-order valence-electron chi connectivity index (χ4n) is 2.60. The van der Waals surface area contributed by atoms with Gasteiger partial charge in [0.25, 0.3) is 0 Å². The van der Waals surface area contributed by atoms with Crippen molar-refractivity contribution in [3.63, 3.8) is 0 Å². The number of nitrogens with zero attached hydrogens (tertiary/aromatic N) is 4. The van der Waals surface area contributed by atoms with Crippen LogP contribution in [0.4, 0.5) is 4.39 Å². The third-order valence-electron chi connectivity index (χ3n) is 3.71. The Morgan fingerprint density at radius 3 is 2.79 bits per heavy atom. The number of hydrogen-bond acceptors (Lipinski definition) is 5. The molecule has 5 rings (SSSR count). The molecular formula is C17H9FN4OS. The summed E-state index contributed by atoms with van der Waals surface area (Å²) in [4.78, 5) is 0.629. The van der Waals surface area contributed by atoms with Crippen molar-refractivity contribution in [3.05, 3.63) is 60.4 Å². The van der Waals surface area contributed by atoms with E-state index in [1.54, 1.807) is 10.6 Å². The highest BCUT2D eigenvalue weighted by Gasteiger charge is 2.17. The van der Waals surface area contributed by atoms with Crippen LogP contribution < -0.4 is 0 Å². The quantitative estimate of drug-likeness (QED) is 0.479. The van der Waals surface area contributed by atoms with Gasteiger partial charge in [0, 0.05) is 10.9 Å². The molecule has 0 aliphatic heterocycles. The Hall–Kier alpha value is -3.06. The molecule has 0 saturated carbocycles. The van der Waals surface area contributed by atoms with Crippen LogP contribution in [0.5, 0.6) is 0 Å². The lowest BCUT2D eigenvalue weighted by Gasteiger charge is -1.95. The van der Waals surface area contributed by atoms with Gasteiger partial charge >= 0.3 is 0 Å². The Morgan fingerprint density at radius 2 is 1.92 bits per heavy atom. The zero-order valence-corrected chi connectivity index (χ0v) is 13.0. The van der Waals surface area contributed by atoms with Crippen molar-refractivity contribution in [1.29, 1.82) is 0 Å². The van der Waals surface area contributed by atoms with Gasteiger partial charge < -0.3 is 4.42 Å². The van der Waals surface area contributed by atoms with E-state index in [4.69, 9.17) is 4.42 Å². The fraction of sp³-hybridized carbons (Fsp3) is 0. The lowest BCUT2D eigenvalue weighted by molar-refractivity contribution is 0.621. The van der Waals surface area contributed by atoms with Crippen LogP contribution in [0.25, 0.3) is 38.1 Å². The van der Waals surface area contributed by atoms with Gasteiger partial charge in [0.2, 0.25) is 10.8 Å². The molecule has 0 radical (unpaired) electrons. The van der Waals surface area contributed by atoms with Gasteiger partial charge in [-0.15, -0.1) is 10.2 Å². The molecule has 0 aliphatic rings. The van der Waals surface area contributed by atoms with E-state index in [9.17, 15) is 4.39 Å². The highest BCUT2D eigenvalue weighted by atomic mass is 32.1. The van der Waals surface area contributed by atoms with Gasteiger partial charge in [-0.05, 0) is 24.3 Å². The summed E-state index contributed by atoms with van der Waals surface area (Å²) in [6.07, 6.45) is 0. The van der Waals surface area contributed by atoms with Gasteiger partial charge in [-0.25, -0.2) is 4.39 Å². The molecule has 7 heteroatoms. The fourth-order valence-corrected chi connectivity index (χ4v) is 3.44.